The Bertz CT molecular complexity index is 432. The molecule has 1 fully saturated rings. The van der Waals surface area contributed by atoms with Crippen molar-refractivity contribution in [2.45, 2.75) is 24.8 Å². The summed E-state index contributed by atoms with van der Waals surface area (Å²) in [7, 11) is 2.20. The Morgan fingerprint density at radius 2 is 2.11 bits per heavy atom. The predicted octanol–water partition coefficient (Wildman–Crippen LogP) is 1.47. The summed E-state index contributed by atoms with van der Waals surface area (Å²) in [4.78, 5) is 5.00. The standard InChI is InChI=1S/C15H23N3/c1-17-10-8-15(11-16,12-17)18-9-4-6-13-5-2-3-7-14(13)18/h2-3,5,7H,4,6,8-12,16H2,1H3. The van der Waals surface area contributed by atoms with Gasteiger partial charge in [0.15, 0.2) is 0 Å². The summed E-state index contributed by atoms with van der Waals surface area (Å²) in [5, 5.41) is 0. The minimum atomic E-state index is 0.158. The first kappa shape index (κ1) is 12.0. The highest BCUT2D eigenvalue weighted by molar-refractivity contribution is 5.58. The molecule has 0 amide bonds. The maximum absolute atomic E-state index is 6.15. The molecule has 0 bridgehead atoms. The van der Waals surface area contributed by atoms with E-state index in [4.69, 9.17) is 5.73 Å². The Hall–Kier alpha value is -1.06. The second kappa shape index (κ2) is 4.56. The second-order valence-electron chi connectivity index (χ2n) is 5.80. The molecule has 0 spiro atoms. The van der Waals surface area contributed by atoms with Gasteiger partial charge in [0.1, 0.15) is 0 Å². The van der Waals surface area contributed by atoms with E-state index < -0.39 is 0 Å². The summed E-state index contributed by atoms with van der Waals surface area (Å²) in [5.41, 5.74) is 9.22. The molecule has 1 unspecified atom stereocenters. The van der Waals surface area contributed by atoms with Gasteiger partial charge in [-0.1, -0.05) is 18.2 Å². The van der Waals surface area contributed by atoms with Gasteiger partial charge in [-0.25, -0.2) is 0 Å². The van der Waals surface area contributed by atoms with Crippen LogP contribution in [0.25, 0.3) is 0 Å². The number of para-hydroxylation sites is 1. The van der Waals surface area contributed by atoms with E-state index in [-0.39, 0.29) is 5.54 Å². The molecule has 18 heavy (non-hydrogen) atoms. The maximum atomic E-state index is 6.15. The van der Waals surface area contributed by atoms with E-state index in [9.17, 15) is 0 Å². The Labute approximate surface area is 110 Å². The molecule has 0 radical (unpaired) electrons. The van der Waals surface area contributed by atoms with Gasteiger partial charge in [-0.05, 0) is 37.9 Å². The highest BCUT2D eigenvalue weighted by Crippen LogP contribution is 2.36. The monoisotopic (exact) mass is 245 g/mol. The number of likely N-dealkylation sites (tertiary alicyclic amines) is 1. The van der Waals surface area contributed by atoms with Crippen molar-refractivity contribution in [2.75, 3.05) is 38.1 Å². The van der Waals surface area contributed by atoms with Crippen LogP contribution in [0.4, 0.5) is 5.69 Å². The SMILES string of the molecule is CN1CCC(CN)(N2CCCc3ccccc32)C1. The fraction of sp³-hybridized carbons (Fsp3) is 0.600. The number of aryl methyl sites for hydroxylation is 1. The summed E-state index contributed by atoms with van der Waals surface area (Å²) >= 11 is 0. The molecule has 0 saturated carbocycles. The molecule has 2 aliphatic rings. The van der Waals surface area contributed by atoms with Crippen LogP contribution in [-0.2, 0) is 6.42 Å². The fourth-order valence-electron chi connectivity index (χ4n) is 3.58. The predicted molar refractivity (Wildman–Crippen MR) is 76.0 cm³/mol. The van der Waals surface area contributed by atoms with Gasteiger partial charge in [0, 0.05) is 31.9 Å². The number of hydrogen-bond donors (Lipinski definition) is 1. The Morgan fingerprint density at radius 3 is 2.83 bits per heavy atom. The number of nitrogens with two attached hydrogens (primary N) is 1. The number of hydrogen-bond acceptors (Lipinski definition) is 3. The van der Waals surface area contributed by atoms with E-state index >= 15 is 0 Å². The molecule has 1 saturated heterocycles. The van der Waals surface area contributed by atoms with Crippen molar-refractivity contribution in [3.8, 4) is 0 Å². The van der Waals surface area contributed by atoms with E-state index in [1.165, 1.54) is 30.5 Å². The molecule has 3 nitrogen and oxygen atoms in total. The van der Waals surface area contributed by atoms with Crippen LogP contribution in [-0.4, -0.2) is 43.7 Å². The van der Waals surface area contributed by atoms with Crippen molar-refractivity contribution in [3.63, 3.8) is 0 Å². The smallest absolute Gasteiger partial charge is 0.0662 e. The molecule has 3 rings (SSSR count). The van der Waals surface area contributed by atoms with Gasteiger partial charge >= 0.3 is 0 Å². The normalized spacial score (nSPS) is 28.4. The van der Waals surface area contributed by atoms with Gasteiger partial charge in [0.25, 0.3) is 0 Å². The van der Waals surface area contributed by atoms with E-state index in [1.807, 2.05) is 0 Å². The summed E-state index contributed by atoms with van der Waals surface area (Å²) in [6.07, 6.45) is 3.65. The minimum Gasteiger partial charge on any atom is -0.363 e. The van der Waals surface area contributed by atoms with E-state index in [0.29, 0.717) is 0 Å². The number of fused-ring (bicyclic) bond motifs is 1. The van der Waals surface area contributed by atoms with Crippen molar-refractivity contribution in [1.82, 2.24) is 4.90 Å². The fourth-order valence-corrected chi connectivity index (χ4v) is 3.58. The van der Waals surface area contributed by atoms with Crippen molar-refractivity contribution in [2.24, 2.45) is 5.73 Å². The lowest BCUT2D eigenvalue weighted by Crippen LogP contribution is -2.57. The van der Waals surface area contributed by atoms with Gasteiger partial charge < -0.3 is 15.5 Å². The number of benzene rings is 1. The molecule has 3 heteroatoms. The molecule has 2 heterocycles. The van der Waals surface area contributed by atoms with Crippen LogP contribution in [0.5, 0.6) is 0 Å². The van der Waals surface area contributed by atoms with E-state index in [2.05, 4.69) is 41.1 Å². The Kier molecular flexibility index (Phi) is 3.04. The molecular formula is C15H23N3. The molecule has 2 N–H and O–H groups in total. The zero-order valence-electron chi connectivity index (χ0n) is 11.2. The van der Waals surface area contributed by atoms with E-state index in [0.717, 1.165) is 26.2 Å². The van der Waals surface area contributed by atoms with Crippen molar-refractivity contribution < 1.29 is 0 Å². The molecule has 98 valence electrons. The summed E-state index contributed by atoms with van der Waals surface area (Å²) in [6.45, 7) is 4.17. The van der Waals surface area contributed by atoms with Gasteiger partial charge in [-0.15, -0.1) is 0 Å². The van der Waals surface area contributed by atoms with Crippen LogP contribution >= 0.6 is 0 Å². The largest absolute Gasteiger partial charge is 0.363 e. The summed E-state index contributed by atoms with van der Waals surface area (Å²) < 4.78 is 0. The molecule has 1 aromatic rings. The van der Waals surface area contributed by atoms with E-state index in [1.54, 1.807) is 0 Å². The number of rotatable bonds is 2. The summed E-state index contributed by atoms with van der Waals surface area (Å²) in [6, 6.07) is 8.84. The molecule has 1 aromatic carbocycles. The lowest BCUT2D eigenvalue weighted by molar-refractivity contribution is 0.350. The van der Waals surface area contributed by atoms with Crippen molar-refractivity contribution in [3.05, 3.63) is 29.8 Å². The second-order valence-corrected chi connectivity index (χ2v) is 5.80. The first-order chi connectivity index (χ1) is 8.75. The lowest BCUT2D eigenvalue weighted by atomic mass is 9.90. The molecule has 0 aliphatic carbocycles. The Balaban J connectivity index is 1.97. The first-order valence-corrected chi connectivity index (χ1v) is 6.99. The Morgan fingerprint density at radius 1 is 1.28 bits per heavy atom. The third-order valence-electron chi connectivity index (χ3n) is 4.59. The number of nitrogens with zero attached hydrogens (tertiary/aromatic N) is 2. The quantitative estimate of drug-likeness (QED) is 0.856. The lowest BCUT2D eigenvalue weighted by Gasteiger charge is -2.45. The molecule has 2 aliphatic heterocycles. The van der Waals surface area contributed by atoms with Crippen LogP contribution in [0.3, 0.4) is 0 Å². The highest BCUT2D eigenvalue weighted by atomic mass is 15.3. The first-order valence-electron chi connectivity index (χ1n) is 6.99. The molecule has 1 atom stereocenters. The van der Waals surface area contributed by atoms with Gasteiger partial charge in [0.05, 0.1) is 5.54 Å². The topological polar surface area (TPSA) is 32.5 Å². The zero-order valence-corrected chi connectivity index (χ0v) is 11.2. The number of likely N-dealkylation sites (N-methyl/N-ethyl adjacent to an activating group) is 1. The van der Waals surface area contributed by atoms with Crippen molar-refractivity contribution in [1.29, 1.82) is 0 Å². The van der Waals surface area contributed by atoms with Crippen LogP contribution in [0, 0.1) is 0 Å². The highest BCUT2D eigenvalue weighted by Gasteiger charge is 2.42. The average molecular weight is 245 g/mol. The third kappa shape index (κ3) is 1.82. The van der Waals surface area contributed by atoms with Gasteiger partial charge in [-0.3, -0.25) is 0 Å². The molecular weight excluding hydrogens is 222 g/mol. The third-order valence-corrected chi connectivity index (χ3v) is 4.59. The average Bonchev–Trinajstić information content (AvgIpc) is 2.81. The zero-order chi connectivity index (χ0) is 12.6. The minimum absolute atomic E-state index is 0.158. The van der Waals surface area contributed by atoms with Gasteiger partial charge in [-0.2, -0.15) is 0 Å². The van der Waals surface area contributed by atoms with Crippen LogP contribution in [0.2, 0.25) is 0 Å². The number of anilines is 1. The van der Waals surface area contributed by atoms with Crippen LogP contribution in [0.1, 0.15) is 18.4 Å². The van der Waals surface area contributed by atoms with Gasteiger partial charge in [0.2, 0.25) is 0 Å². The maximum Gasteiger partial charge on any atom is 0.0662 e. The van der Waals surface area contributed by atoms with Crippen LogP contribution in [0.15, 0.2) is 24.3 Å². The molecule has 0 aromatic heterocycles. The van der Waals surface area contributed by atoms with Crippen molar-refractivity contribution >= 4 is 5.69 Å². The van der Waals surface area contributed by atoms with Crippen LogP contribution < -0.4 is 10.6 Å². The summed E-state index contributed by atoms with van der Waals surface area (Å²) in [5.74, 6) is 0.